The Morgan fingerprint density at radius 2 is 2.00 bits per heavy atom. The number of aromatic nitrogens is 2. The molecule has 0 atom stereocenters. The molecule has 0 aliphatic carbocycles. The Balaban J connectivity index is 1.73. The molecule has 6 heteroatoms. The predicted molar refractivity (Wildman–Crippen MR) is 99.4 cm³/mol. The average Bonchev–Trinajstić information content (AvgIpc) is 3.09. The number of hydrogen-bond acceptors (Lipinski definition) is 5. The van der Waals surface area contributed by atoms with E-state index in [-0.39, 0.29) is 5.97 Å². The number of rotatable bonds is 8. The summed E-state index contributed by atoms with van der Waals surface area (Å²) >= 11 is 0. The quantitative estimate of drug-likeness (QED) is 0.490. The van der Waals surface area contributed by atoms with Crippen molar-refractivity contribution in [3.63, 3.8) is 0 Å². The van der Waals surface area contributed by atoms with Crippen LogP contribution in [0.3, 0.4) is 0 Å². The first-order valence-electron chi connectivity index (χ1n) is 8.63. The monoisotopic (exact) mass is 354 g/mol. The standard InChI is InChI=1S/C20H22N2O4/c1-3-25-19(23)9-6-12-26-18-13-14(10-11-17(18)24-2)20-21-15-7-4-5-8-16(15)22-20/h4-5,7-8,10-11,13H,3,6,9,12H2,1-2H3,(H,21,22). The Morgan fingerprint density at radius 3 is 2.77 bits per heavy atom. The molecule has 0 bridgehead atoms. The van der Waals surface area contributed by atoms with E-state index in [0.717, 1.165) is 22.4 Å². The first kappa shape index (κ1) is 17.8. The van der Waals surface area contributed by atoms with E-state index in [1.165, 1.54) is 0 Å². The summed E-state index contributed by atoms with van der Waals surface area (Å²) in [6.07, 6.45) is 0.913. The number of ether oxygens (including phenoxy) is 3. The van der Waals surface area contributed by atoms with Crippen molar-refractivity contribution in [2.75, 3.05) is 20.3 Å². The number of imidazole rings is 1. The number of aromatic amines is 1. The highest BCUT2D eigenvalue weighted by Crippen LogP contribution is 2.32. The summed E-state index contributed by atoms with van der Waals surface area (Å²) < 4.78 is 16.1. The Labute approximate surface area is 152 Å². The number of methoxy groups -OCH3 is 1. The molecule has 0 saturated heterocycles. The molecule has 1 N–H and O–H groups in total. The molecule has 0 fully saturated rings. The molecule has 1 aromatic heterocycles. The molecule has 2 aromatic carbocycles. The fraction of sp³-hybridized carbons (Fsp3) is 0.300. The van der Waals surface area contributed by atoms with Crippen molar-refractivity contribution < 1.29 is 19.0 Å². The first-order valence-corrected chi connectivity index (χ1v) is 8.63. The van der Waals surface area contributed by atoms with Gasteiger partial charge in [0.1, 0.15) is 5.82 Å². The molecule has 0 radical (unpaired) electrons. The SMILES string of the molecule is CCOC(=O)CCCOc1cc(-c2nc3ccccc3[nH]2)ccc1OC. The lowest BCUT2D eigenvalue weighted by Gasteiger charge is -2.11. The highest BCUT2D eigenvalue weighted by Gasteiger charge is 2.11. The second-order valence-electron chi connectivity index (χ2n) is 5.73. The Bertz CT molecular complexity index is 855. The Kier molecular flexibility index (Phi) is 5.73. The number of carbonyl (C=O) groups excluding carboxylic acids is 1. The number of nitrogens with one attached hydrogen (secondary N) is 1. The number of nitrogens with zero attached hydrogens (tertiary/aromatic N) is 1. The topological polar surface area (TPSA) is 73.4 Å². The highest BCUT2D eigenvalue weighted by molar-refractivity contribution is 5.79. The number of carbonyl (C=O) groups is 1. The summed E-state index contributed by atoms with van der Waals surface area (Å²) in [5, 5.41) is 0. The van der Waals surface area contributed by atoms with Crippen LogP contribution in [0.1, 0.15) is 19.8 Å². The third-order valence-electron chi connectivity index (χ3n) is 3.91. The van der Waals surface area contributed by atoms with Crippen molar-refractivity contribution in [1.29, 1.82) is 0 Å². The minimum Gasteiger partial charge on any atom is -0.493 e. The number of para-hydroxylation sites is 2. The molecule has 0 unspecified atom stereocenters. The lowest BCUT2D eigenvalue weighted by atomic mass is 10.2. The molecule has 1 heterocycles. The van der Waals surface area contributed by atoms with Crippen molar-refractivity contribution >= 4 is 17.0 Å². The predicted octanol–water partition coefficient (Wildman–Crippen LogP) is 3.96. The molecular formula is C20H22N2O4. The van der Waals surface area contributed by atoms with Crippen LogP contribution in [-0.4, -0.2) is 36.3 Å². The van der Waals surface area contributed by atoms with Gasteiger partial charge in [-0.1, -0.05) is 12.1 Å². The van der Waals surface area contributed by atoms with Crippen LogP contribution in [0.2, 0.25) is 0 Å². The van der Waals surface area contributed by atoms with Crippen molar-refractivity contribution in [3.8, 4) is 22.9 Å². The van der Waals surface area contributed by atoms with Gasteiger partial charge in [0.15, 0.2) is 11.5 Å². The number of H-pyrrole nitrogens is 1. The van der Waals surface area contributed by atoms with E-state index in [9.17, 15) is 4.79 Å². The van der Waals surface area contributed by atoms with Crippen LogP contribution in [0.4, 0.5) is 0 Å². The van der Waals surface area contributed by atoms with Crippen LogP contribution in [0.15, 0.2) is 42.5 Å². The smallest absolute Gasteiger partial charge is 0.305 e. The maximum atomic E-state index is 11.4. The summed E-state index contributed by atoms with van der Waals surface area (Å²) in [6, 6.07) is 13.6. The summed E-state index contributed by atoms with van der Waals surface area (Å²) in [7, 11) is 1.60. The molecule has 6 nitrogen and oxygen atoms in total. The van der Waals surface area contributed by atoms with Gasteiger partial charge < -0.3 is 19.2 Å². The van der Waals surface area contributed by atoms with Crippen LogP contribution in [0.5, 0.6) is 11.5 Å². The van der Waals surface area contributed by atoms with E-state index >= 15 is 0 Å². The number of fused-ring (bicyclic) bond motifs is 1. The fourth-order valence-corrected chi connectivity index (χ4v) is 2.66. The largest absolute Gasteiger partial charge is 0.493 e. The van der Waals surface area contributed by atoms with Gasteiger partial charge in [-0.15, -0.1) is 0 Å². The van der Waals surface area contributed by atoms with Gasteiger partial charge in [0.25, 0.3) is 0 Å². The van der Waals surface area contributed by atoms with Gasteiger partial charge in [-0.05, 0) is 43.7 Å². The zero-order chi connectivity index (χ0) is 18.4. The number of benzene rings is 2. The zero-order valence-electron chi connectivity index (χ0n) is 15.0. The fourth-order valence-electron chi connectivity index (χ4n) is 2.66. The molecule has 0 aliphatic rings. The van der Waals surface area contributed by atoms with E-state index in [0.29, 0.717) is 37.6 Å². The van der Waals surface area contributed by atoms with Crippen LogP contribution in [-0.2, 0) is 9.53 Å². The minimum atomic E-state index is -0.209. The third kappa shape index (κ3) is 4.14. The van der Waals surface area contributed by atoms with E-state index < -0.39 is 0 Å². The van der Waals surface area contributed by atoms with Crippen LogP contribution in [0, 0.1) is 0 Å². The first-order chi connectivity index (χ1) is 12.7. The van der Waals surface area contributed by atoms with Crippen molar-refractivity contribution in [1.82, 2.24) is 9.97 Å². The number of esters is 1. The van der Waals surface area contributed by atoms with Crippen molar-refractivity contribution in [2.45, 2.75) is 19.8 Å². The van der Waals surface area contributed by atoms with E-state index in [2.05, 4.69) is 9.97 Å². The molecule has 3 rings (SSSR count). The lowest BCUT2D eigenvalue weighted by Crippen LogP contribution is -2.07. The van der Waals surface area contributed by atoms with Gasteiger partial charge in [0.2, 0.25) is 0 Å². The van der Waals surface area contributed by atoms with Gasteiger partial charge in [-0.2, -0.15) is 0 Å². The number of hydrogen-bond donors (Lipinski definition) is 1. The highest BCUT2D eigenvalue weighted by atomic mass is 16.5. The molecule has 0 amide bonds. The van der Waals surface area contributed by atoms with Crippen molar-refractivity contribution in [3.05, 3.63) is 42.5 Å². The van der Waals surface area contributed by atoms with Gasteiger partial charge in [0.05, 0.1) is 31.4 Å². The summed E-state index contributed by atoms with van der Waals surface area (Å²) in [5.41, 5.74) is 2.80. The van der Waals surface area contributed by atoms with Gasteiger partial charge in [-0.3, -0.25) is 4.79 Å². The summed E-state index contributed by atoms with van der Waals surface area (Å²) in [6.45, 7) is 2.59. The Morgan fingerprint density at radius 1 is 1.15 bits per heavy atom. The Hall–Kier alpha value is -3.02. The molecule has 0 spiro atoms. The molecular weight excluding hydrogens is 332 g/mol. The normalized spacial score (nSPS) is 10.7. The van der Waals surface area contributed by atoms with Crippen molar-refractivity contribution in [2.24, 2.45) is 0 Å². The second kappa shape index (κ2) is 8.38. The molecule has 136 valence electrons. The van der Waals surface area contributed by atoms with E-state index in [4.69, 9.17) is 14.2 Å². The maximum Gasteiger partial charge on any atom is 0.305 e. The molecule has 0 saturated carbocycles. The summed E-state index contributed by atoms with van der Waals surface area (Å²) in [5.74, 6) is 1.82. The van der Waals surface area contributed by atoms with Gasteiger partial charge in [0, 0.05) is 12.0 Å². The van der Waals surface area contributed by atoms with Crippen LogP contribution >= 0.6 is 0 Å². The average molecular weight is 354 g/mol. The van der Waals surface area contributed by atoms with Crippen LogP contribution < -0.4 is 9.47 Å². The van der Waals surface area contributed by atoms with E-state index in [1.54, 1.807) is 14.0 Å². The second-order valence-corrected chi connectivity index (χ2v) is 5.73. The van der Waals surface area contributed by atoms with Gasteiger partial charge >= 0.3 is 5.97 Å². The molecule has 26 heavy (non-hydrogen) atoms. The molecule has 3 aromatic rings. The lowest BCUT2D eigenvalue weighted by molar-refractivity contribution is -0.143. The minimum absolute atomic E-state index is 0.209. The van der Waals surface area contributed by atoms with E-state index in [1.807, 2.05) is 42.5 Å². The maximum absolute atomic E-state index is 11.4. The third-order valence-corrected chi connectivity index (χ3v) is 3.91. The van der Waals surface area contributed by atoms with Crippen LogP contribution in [0.25, 0.3) is 22.4 Å². The zero-order valence-corrected chi connectivity index (χ0v) is 15.0. The summed E-state index contributed by atoms with van der Waals surface area (Å²) in [4.78, 5) is 19.3. The molecule has 0 aliphatic heterocycles. The van der Waals surface area contributed by atoms with Gasteiger partial charge in [-0.25, -0.2) is 4.98 Å².